The fourth-order valence-electron chi connectivity index (χ4n) is 1.48. The number of benzene rings is 1. The first-order valence-electron chi connectivity index (χ1n) is 5.11. The lowest BCUT2D eigenvalue weighted by atomic mass is 10.2. The highest BCUT2D eigenvalue weighted by Gasteiger charge is 2.10. The lowest BCUT2D eigenvalue weighted by molar-refractivity contribution is 0.415. The van der Waals surface area contributed by atoms with Crippen LogP contribution in [0.5, 0.6) is 5.75 Å². The van der Waals surface area contributed by atoms with Gasteiger partial charge in [0.15, 0.2) is 5.82 Å². The number of methoxy groups -OCH3 is 1. The predicted molar refractivity (Wildman–Crippen MR) is 66.9 cm³/mol. The number of nitrogens with two attached hydrogens (primary N) is 1. The van der Waals surface area contributed by atoms with Crippen molar-refractivity contribution < 1.29 is 4.74 Å². The van der Waals surface area contributed by atoms with Gasteiger partial charge < -0.3 is 10.5 Å². The van der Waals surface area contributed by atoms with E-state index in [4.69, 9.17) is 22.1 Å². The second-order valence-corrected chi connectivity index (χ2v) is 3.78. The van der Waals surface area contributed by atoms with Gasteiger partial charge in [-0.15, -0.1) is 0 Å². The van der Waals surface area contributed by atoms with Crippen LogP contribution in [0.1, 0.15) is 5.69 Å². The Hall–Kier alpha value is -1.65. The van der Waals surface area contributed by atoms with Gasteiger partial charge in [-0.05, 0) is 18.2 Å². The molecule has 1 heterocycles. The molecule has 0 aliphatic heterocycles. The summed E-state index contributed by atoms with van der Waals surface area (Å²) in [6.07, 6.45) is 1.67. The molecule has 88 valence electrons. The molecule has 0 fully saturated rings. The van der Waals surface area contributed by atoms with Crippen molar-refractivity contribution in [2.24, 2.45) is 5.73 Å². The van der Waals surface area contributed by atoms with E-state index in [0.29, 0.717) is 23.1 Å². The van der Waals surface area contributed by atoms with E-state index in [2.05, 4.69) is 9.97 Å². The van der Waals surface area contributed by atoms with Crippen molar-refractivity contribution in [3.8, 4) is 17.1 Å². The van der Waals surface area contributed by atoms with E-state index in [1.165, 1.54) is 0 Å². The molecule has 0 amide bonds. The fourth-order valence-corrected chi connectivity index (χ4v) is 1.77. The summed E-state index contributed by atoms with van der Waals surface area (Å²) in [5, 5.41) is 0.504. The van der Waals surface area contributed by atoms with E-state index in [9.17, 15) is 0 Å². The second kappa shape index (κ2) is 5.12. The van der Waals surface area contributed by atoms with E-state index in [1.807, 2.05) is 12.1 Å². The molecule has 2 aromatic rings. The quantitative estimate of drug-likeness (QED) is 0.907. The number of aromatic nitrogens is 2. The largest absolute Gasteiger partial charge is 0.495 e. The smallest absolute Gasteiger partial charge is 0.161 e. The molecule has 1 aromatic heterocycles. The number of hydrogen-bond acceptors (Lipinski definition) is 4. The van der Waals surface area contributed by atoms with Crippen molar-refractivity contribution in [1.29, 1.82) is 0 Å². The molecule has 0 unspecified atom stereocenters. The molecule has 0 atom stereocenters. The molecule has 2 rings (SSSR count). The van der Waals surface area contributed by atoms with Gasteiger partial charge in [0.1, 0.15) is 5.75 Å². The molecular weight excluding hydrogens is 238 g/mol. The molecule has 0 aliphatic carbocycles. The Bertz CT molecular complexity index is 531. The van der Waals surface area contributed by atoms with Crippen LogP contribution in [0.4, 0.5) is 0 Å². The van der Waals surface area contributed by atoms with Gasteiger partial charge in [0.25, 0.3) is 0 Å². The minimum Gasteiger partial charge on any atom is -0.495 e. The summed E-state index contributed by atoms with van der Waals surface area (Å²) in [4.78, 5) is 8.51. The molecule has 5 heteroatoms. The van der Waals surface area contributed by atoms with Crippen molar-refractivity contribution in [2.45, 2.75) is 6.54 Å². The molecule has 4 nitrogen and oxygen atoms in total. The summed E-state index contributed by atoms with van der Waals surface area (Å²) in [7, 11) is 1.57. The molecular formula is C12H12ClN3O. The summed E-state index contributed by atoms with van der Waals surface area (Å²) in [5.41, 5.74) is 7.05. The minimum atomic E-state index is 0.372. The monoisotopic (exact) mass is 249 g/mol. The number of rotatable bonds is 3. The summed E-state index contributed by atoms with van der Waals surface area (Å²) in [5.74, 6) is 1.16. The first-order chi connectivity index (χ1) is 8.26. The van der Waals surface area contributed by atoms with Gasteiger partial charge in [-0.3, -0.25) is 0 Å². The molecule has 2 N–H and O–H groups in total. The zero-order chi connectivity index (χ0) is 12.3. The van der Waals surface area contributed by atoms with Crippen molar-refractivity contribution in [1.82, 2.24) is 9.97 Å². The van der Waals surface area contributed by atoms with Crippen LogP contribution in [0.15, 0.2) is 30.5 Å². The molecule has 0 radical (unpaired) electrons. The zero-order valence-electron chi connectivity index (χ0n) is 9.35. The summed E-state index contributed by atoms with van der Waals surface area (Å²) in [6.45, 7) is 0.372. The number of hydrogen-bond donors (Lipinski definition) is 1. The van der Waals surface area contributed by atoms with Gasteiger partial charge in [-0.1, -0.05) is 17.7 Å². The third-order valence-corrected chi connectivity index (χ3v) is 2.74. The Kier molecular flexibility index (Phi) is 3.56. The van der Waals surface area contributed by atoms with E-state index in [1.54, 1.807) is 25.4 Å². The van der Waals surface area contributed by atoms with Crippen LogP contribution in [0.2, 0.25) is 5.02 Å². The van der Waals surface area contributed by atoms with Crippen LogP contribution in [-0.2, 0) is 6.54 Å². The van der Waals surface area contributed by atoms with E-state index in [0.717, 1.165) is 11.3 Å². The maximum Gasteiger partial charge on any atom is 0.161 e. The average Bonchev–Trinajstić information content (AvgIpc) is 2.39. The van der Waals surface area contributed by atoms with Crippen LogP contribution >= 0.6 is 11.6 Å². The van der Waals surface area contributed by atoms with Gasteiger partial charge in [0.05, 0.1) is 17.8 Å². The zero-order valence-corrected chi connectivity index (χ0v) is 10.1. The number of ether oxygens (including phenoxy) is 1. The lowest BCUT2D eigenvalue weighted by Crippen LogP contribution is -2.01. The Labute approximate surface area is 104 Å². The Morgan fingerprint density at radius 1 is 1.35 bits per heavy atom. The summed E-state index contributed by atoms with van der Waals surface area (Å²) in [6, 6.07) is 7.26. The molecule has 0 saturated carbocycles. The van der Waals surface area contributed by atoms with Gasteiger partial charge >= 0.3 is 0 Å². The first-order valence-corrected chi connectivity index (χ1v) is 5.49. The number of nitrogens with zero attached hydrogens (tertiary/aromatic N) is 2. The van der Waals surface area contributed by atoms with E-state index in [-0.39, 0.29) is 0 Å². The van der Waals surface area contributed by atoms with Gasteiger partial charge in [-0.25, -0.2) is 9.97 Å². The molecule has 0 aliphatic rings. The SMILES string of the molecule is COc1cccc(-c2nccc(CN)n2)c1Cl. The van der Waals surface area contributed by atoms with Crippen molar-refractivity contribution in [3.63, 3.8) is 0 Å². The molecule has 0 bridgehead atoms. The summed E-state index contributed by atoms with van der Waals surface area (Å²) < 4.78 is 5.15. The summed E-state index contributed by atoms with van der Waals surface area (Å²) >= 11 is 6.20. The molecule has 0 saturated heterocycles. The van der Waals surface area contributed by atoms with Crippen LogP contribution in [-0.4, -0.2) is 17.1 Å². The number of halogens is 1. The maximum absolute atomic E-state index is 6.20. The standard InChI is InChI=1S/C12H12ClN3O/c1-17-10-4-2-3-9(11(10)13)12-15-6-5-8(7-14)16-12/h2-6H,7,14H2,1H3. The Balaban J connectivity index is 2.52. The third-order valence-electron chi connectivity index (χ3n) is 2.35. The van der Waals surface area contributed by atoms with Gasteiger partial charge in [0, 0.05) is 18.3 Å². The van der Waals surface area contributed by atoms with E-state index >= 15 is 0 Å². The average molecular weight is 250 g/mol. The van der Waals surface area contributed by atoms with Crippen molar-refractivity contribution in [3.05, 3.63) is 41.2 Å². The van der Waals surface area contributed by atoms with Crippen LogP contribution in [0, 0.1) is 0 Å². The third kappa shape index (κ3) is 2.38. The second-order valence-electron chi connectivity index (χ2n) is 3.40. The Morgan fingerprint density at radius 2 is 2.18 bits per heavy atom. The van der Waals surface area contributed by atoms with Crippen LogP contribution in [0.25, 0.3) is 11.4 Å². The molecule has 17 heavy (non-hydrogen) atoms. The molecule has 1 aromatic carbocycles. The van der Waals surface area contributed by atoms with Gasteiger partial charge in [0.2, 0.25) is 0 Å². The van der Waals surface area contributed by atoms with E-state index < -0.39 is 0 Å². The van der Waals surface area contributed by atoms with Crippen LogP contribution in [0.3, 0.4) is 0 Å². The maximum atomic E-state index is 6.20. The van der Waals surface area contributed by atoms with Crippen molar-refractivity contribution in [2.75, 3.05) is 7.11 Å². The van der Waals surface area contributed by atoms with Gasteiger partial charge in [-0.2, -0.15) is 0 Å². The molecule has 0 spiro atoms. The topological polar surface area (TPSA) is 61.0 Å². The van der Waals surface area contributed by atoms with Crippen molar-refractivity contribution >= 4 is 11.6 Å². The normalized spacial score (nSPS) is 10.3. The fraction of sp³-hybridized carbons (Fsp3) is 0.167. The predicted octanol–water partition coefficient (Wildman–Crippen LogP) is 2.26. The highest BCUT2D eigenvalue weighted by Crippen LogP contribution is 2.33. The first kappa shape index (κ1) is 11.8. The van der Waals surface area contributed by atoms with Crippen LogP contribution < -0.4 is 10.5 Å². The lowest BCUT2D eigenvalue weighted by Gasteiger charge is -2.07. The minimum absolute atomic E-state index is 0.372. The Morgan fingerprint density at radius 3 is 2.88 bits per heavy atom. The highest BCUT2D eigenvalue weighted by atomic mass is 35.5. The highest BCUT2D eigenvalue weighted by molar-refractivity contribution is 6.34.